The Morgan fingerprint density at radius 2 is 1.66 bits per heavy atom. The first-order valence-corrected chi connectivity index (χ1v) is 15.9. The van der Waals surface area contributed by atoms with Crippen molar-refractivity contribution in [2.45, 2.75) is 22.7 Å². The summed E-state index contributed by atoms with van der Waals surface area (Å²) in [7, 11) is 0. The number of imide groups is 1. The molecular formula is C28H16Cl4N4O6S2. The van der Waals surface area contributed by atoms with Crippen molar-refractivity contribution in [2.75, 3.05) is 10.2 Å². The first-order chi connectivity index (χ1) is 21.0. The molecule has 3 heterocycles. The largest absolute Gasteiger partial charge is 0.324 e. The maximum atomic E-state index is 14.0. The number of nitrogens with zero attached hydrogens (tertiary/aromatic N) is 3. The van der Waals surface area contributed by atoms with E-state index in [-0.39, 0.29) is 33.0 Å². The molecule has 2 aliphatic rings. The molecule has 0 spiro atoms. The number of nitro benzene ring substituents is 1. The second-order valence-electron chi connectivity index (χ2n) is 9.77. The molecule has 6 rings (SSSR count). The minimum absolute atomic E-state index is 0.162. The fourth-order valence-corrected chi connectivity index (χ4v) is 8.73. The van der Waals surface area contributed by atoms with Gasteiger partial charge in [-0.2, -0.15) is 0 Å². The van der Waals surface area contributed by atoms with E-state index in [0.29, 0.717) is 26.2 Å². The first kappa shape index (κ1) is 30.6. The number of thiazole rings is 1. The molecule has 0 aliphatic carbocycles. The van der Waals surface area contributed by atoms with Crippen LogP contribution in [0.3, 0.4) is 0 Å². The lowest BCUT2D eigenvalue weighted by molar-refractivity contribution is -0.384. The van der Waals surface area contributed by atoms with Crippen LogP contribution in [0.1, 0.15) is 16.4 Å². The predicted octanol–water partition coefficient (Wildman–Crippen LogP) is 6.87. The number of anilines is 2. The van der Waals surface area contributed by atoms with Crippen molar-refractivity contribution in [3.05, 3.63) is 111 Å². The molecule has 3 unspecified atom stereocenters. The number of fused-ring (bicyclic) bond motifs is 2. The number of benzene rings is 3. The molecule has 1 aromatic heterocycles. The Morgan fingerprint density at radius 1 is 0.932 bits per heavy atom. The van der Waals surface area contributed by atoms with E-state index in [1.807, 2.05) is 0 Å². The Hall–Kier alpha value is -3.39. The highest BCUT2D eigenvalue weighted by Crippen LogP contribution is 2.55. The molecule has 1 fully saturated rings. The maximum absolute atomic E-state index is 14.0. The van der Waals surface area contributed by atoms with E-state index in [1.54, 1.807) is 24.3 Å². The third kappa shape index (κ3) is 5.29. The number of carbonyl (C=O) groups excluding carboxylic acids is 3. The van der Waals surface area contributed by atoms with Crippen LogP contribution < -0.4 is 15.1 Å². The number of halogens is 4. The minimum atomic E-state index is -0.997. The first-order valence-electron chi connectivity index (χ1n) is 12.7. The van der Waals surface area contributed by atoms with Gasteiger partial charge in [0.1, 0.15) is 11.8 Å². The summed E-state index contributed by atoms with van der Waals surface area (Å²) in [5.74, 6) is -3.50. The molecule has 3 amide bonds. The number of nitrogens with one attached hydrogen (secondary N) is 1. The lowest BCUT2D eigenvalue weighted by Crippen LogP contribution is -2.33. The quantitative estimate of drug-likeness (QED) is 0.131. The van der Waals surface area contributed by atoms with Crippen LogP contribution in [-0.4, -0.2) is 32.5 Å². The minimum Gasteiger partial charge on any atom is -0.324 e. The number of thioether (sulfide) groups is 1. The highest BCUT2D eigenvalue weighted by molar-refractivity contribution is 8.00. The number of amides is 3. The van der Waals surface area contributed by atoms with E-state index in [1.165, 1.54) is 41.0 Å². The lowest BCUT2D eigenvalue weighted by atomic mass is 9.83. The Labute approximate surface area is 276 Å². The van der Waals surface area contributed by atoms with Gasteiger partial charge >= 0.3 is 4.87 Å². The Morgan fingerprint density at radius 3 is 2.34 bits per heavy atom. The molecule has 44 heavy (non-hydrogen) atoms. The third-order valence-electron chi connectivity index (χ3n) is 7.19. The fourth-order valence-electron chi connectivity index (χ4n) is 5.25. The SMILES string of the molecule is O=C(Cn1c2c(sc1=O)C(c1cccc(Cl)c1Cl)C1C(=O)N(c3ccc([N+](=O)[O-])cc3)C(=O)C1S2)Nc1ccc(Cl)c(Cl)c1. The van der Waals surface area contributed by atoms with Crippen LogP contribution in [-0.2, 0) is 20.9 Å². The van der Waals surface area contributed by atoms with Gasteiger partial charge in [0.05, 0.1) is 41.6 Å². The molecule has 224 valence electrons. The molecule has 3 aromatic carbocycles. The summed E-state index contributed by atoms with van der Waals surface area (Å²) in [4.78, 5) is 65.8. The van der Waals surface area contributed by atoms with Gasteiger partial charge in [-0.15, -0.1) is 0 Å². The van der Waals surface area contributed by atoms with Gasteiger partial charge in [-0.3, -0.25) is 33.9 Å². The zero-order chi connectivity index (χ0) is 31.4. The molecular weight excluding hydrogens is 694 g/mol. The number of hydrogen-bond acceptors (Lipinski definition) is 8. The summed E-state index contributed by atoms with van der Waals surface area (Å²) in [6, 6.07) is 14.5. The molecule has 10 nitrogen and oxygen atoms in total. The highest BCUT2D eigenvalue weighted by Gasteiger charge is 2.57. The monoisotopic (exact) mass is 708 g/mol. The van der Waals surface area contributed by atoms with E-state index < -0.39 is 44.6 Å². The maximum Gasteiger partial charge on any atom is 0.308 e. The summed E-state index contributed by atoms with van der Waals surface area (Å²) < 4.78 is 1.26. The number of hydrogen-bond donors (Lipinski definition) is 1. The molecule has 4 aromatic rings. The predicted molar refractivity (Wildman–Crippen MR) is 171 cm³/mol. The summed E-state index contributed by atoms with van der Waals surface area (Å²) in [5.41, 5.74) is 0.774. The number of non-ortho nitro benzene ring substituents is 1. The highest BCUT2D eigenvalue weighted by atomic mass is 35.5. The summed E-state index contributed by atoms with van der Waals surface area (Å²) in [6.45, 7) is -0.389. The van der Waals surface area contributed by atoms with E-state index in [9.17, 15) is 29.3 Å². The number of aromatic nitrogens is 1. The van der Waals surface area contributed by atoms with E-state index >= 15 is 0 Å². The van der Waals surface area contributed by atoms with Crippen LogP contribution in [0.2, 0.25) is 20.1 Å². The second-order valence-corrected chi connectivity index (χ2v) is 13.5. The van der Waals surface area contributed by atoms with Gasteiger partial charge in [0.2, 0.25) is 17.7 Å². The smallest absolute Gasteiger partial charge is 0.308 e. The second kappa shape index (κ2) is 11.8. The molecule has 16 heteroatoms. The van der Waals surface area contributed by atoms with E-state index in [0.717, 1.165) is 28.0 Å². The number of rotatable bonds is 6. The van der Waals surface area contributed by atoms with Crippen LogP contribution in [0.4, 0.5) is 17.1 Å². The standard InChI is InChI=1S/C28H16Cl4N4O6S2/c29-16-9-4-12(10-18(16)31)33-19(37)11-34-27-24(44-28(34)40)20(15-2-1-3-17(30)22(15)32)21-23(43-27)26(39)35(25(21)38)13-5-7-14(8-6-13)36(41)42/h1-10,20-21,23H,11H2,(H,33,37). The van der Waals surface area contributed by atoms with Crippen molar-refractivity contribution in [3.8, 4) is 0 Å². The van der Waals surface area contributed by atoms with E-state index in [4.69, 9.17) is 46.4 Å². The average molecular weight is 710 g/mol. The van der Waals surface area contributed by atoms with Crippen LogP contribution in [0.5, 0.6) is 0 Å². The zero-order valence-electron chi connectivity index (χ0n) is 21.8. The summed E-state index contributed by atoms with van der Waals surface area (Å²) in [5, 5.41) is 14.1. The van der Waals surface area contributed by atoms with Crippen molar-refractivity contribution in [1.29, 1.82) is 0 Å². The lowest BCUT2D eigenvalue weighted by Gasteiger charge is -2.31. The van der Waals surface area contributed by atoms with Gasteiger partial charge in [-0.25, -0.2) is 4.90 Å². The van der Waals surface area contributed by atoms with Crippen molar-refractivity contribution in [2.24, 2.45) is 5.92 Å². The number of carbonyl (C=O) groups is 3. The van der Waals surface area contributed by atoms with Crippen molar-refractivity contribution in [1.82, 2.24) is 4.57 Å². The molecule has 1 N–H and O–H groups in total. The van der Waals surface area contributed by atoms with Crippen molar-refractivity contribution >= 4 is 104 Å². The van der Waals surface area contributed by atoms with Gasteiger partial charge in [-0.05, 0) is 42.0 Å². The van der Waals surface area contributed by atoms with Crippen molar-refractivity contribution < 1.29 is 19.3 Å². The van der Waals surface area contributed by atoms with Crippen molar-refractivity contribution in [3.63, 3.8) is 0 Å². The van der Waals surface area contributed by atoms with Gasteiger partial charge in [0.25, 0.3) is 5.69 Å². The normalized spacial score (nSPS) is 19.1. The van der Waals surface area contributed by atoms with Gasteiger partial charge in [0, 0.05) is 28.6 Å². The topological polar surface area (TPSA) is 132 Å². The van der Waals surface area contributed by atoms with Crippen LogP contribution in [0.25, 0.3) is 0 Å². The molecule has 1 saturated heterocycles. The fraction of sp³-hybridized carbons (Fsp3) is 0.143. The van der Waals surface area contributed by atoms with Gasteiger partial charge in [0.15, 0.2) is 0 Å². The molecule has 0 bridgehead atoms. The van der Waals surface area contributed by atoms with Crippen LogP contribution >= 0.6 is 69.5 Å². The Bertz CT molecular complexity index is 1950. The Kier molecular flexibility index (Phi) is 8.24. The Balaban J connectivity index is 1.42. The summed E-state index contributed by atoms with van der Waals surface area (Å²) in [6.07, 6.45) is 0. The van der Waals surface area contributed by atoms with Crippen LogP contribution in [0, 0.1) is 16.0 Å². The molecule has 0 saturated carbocycles. The molecule has 3 atom stereocenters. The van der Waals surface area contributed by atoms with E-state index in [2.05, 4.69) is 5.32 Å². The molecule has 2 aliphatic heterocycles. The average Bonchev–Trinajstić information content (AvgIpc) is 3.42. The third-order valence-corrected chi connectivity index (χ3v) is 11.4. The zero-order valence-corrected chi connectivity index (χ0v) is 26.5. The summed E-state index contributed by atoms with van der Waals surface area (Å²) >= 11 is 26.9. The van der Waals surface area contributed by atoms with Gasteiger partial charge in [-0.1, -0.05) is 81.6 Å². The van der Waals surface area contributed by atoms with Crippen LogP contribution in [0.15, 0.2) is 70.5 Å². The van der Waals surface area contributed by atoms with Gasteiger partial charge < -0.3 is 5.32 Å². The molecule has 0 radical (unpaired) electrons. The number of nitro groups is 1.